The highest BCUT2D eigenvalue weighted by molar-refractivity contribution is 6.05. The molecule has 1 N–H and O–H groups in total. The predicted octanol–water partition coefficient (Wildman–Crippen LogP) is 1.97. The summed E-state index contributed by atoms with van der Waals surface area (Å²) in [6, 6.07) is 10.1. The van der Waals surface area contributed by atoms with Gasteiger partial charge in [-0.15, -0.1) is 0 Å². The van der Waals surface area contributed by atoms with Gasteiger partial charge in [-0.05, 0) is 32.5 Å². The average molecular weight is 371 g/mol. The van der Waals surface area contributed by atoms with Crippen LogP contribution in [0.3, 0.4) is 0 Å². The average Bonchev–Trinajstić information content (AvgIpc) is 2.91. The number of amides is 3. The zero-order valence-corrected chi connectivity index (χ0v) is 16.2. The van der Waals surface area contributed by atoms with Crippen LogP contribution in [0.1, 0.15) is 43.7 Å². The van der Waals surface area contributed by atoms with Crippen LogP contribution in [0.4, 0.5) is 0 Å². The van der Waals surface area contributed by atoms with E-state index in [-0.39, 0.29) is 48.6 Å². The molecule has 1 aliphatic heterocycles. The number of imide groups is 1. The molecule has 1 aromatic carbocycles. The van der Waals surface area contributed by atoms with Crippen molar-refractivity contribution in [1.82, 2.24) is 15.1 Å². The van der Waals surface area contributed by atoms with Gasteiger partial charge in [-0.25, -0.2) is 0 Å². The summed E-state index contributed by atoms with van der Waals surface area (Å²) in [7, 11) is 3.96. The van der Waals surface area contributed by atoms with E-state index in [4.69, 9.17) is 0 Å². The van der Waals surface area contributed by atoms with E-state index < -0.39 is 0 Å². The molecule has 1 aliphatic carbocycles. The molecule has 3 rings (SSSR count). The Balaban J connectivity index is 1.51. The Labute approximate surface area is 160 Å². The predicted molar refractivity (Wildman–Crippen MR) is 103 cm³/mol. The van der Waals surface area contributed by atoms with Crippen LogP contribution < -0.4 is 5.32 Å². The summed E-state index contributed by atoms with van der Waals surface area (Å²) >= 11 is 0. The van der Waals surface area contributed by atoms with Crippen LogP contribution >= 0.6 is 0 Å². The standard InChI is InChI=1S/C21H29N3O3/c1-23(2)18(15-8-4-3-5-9-15)14-22-19(25)12-13-24-20(26)16-10-6-7-11-17(16)21(24)27/h3-5,8-9,16-18H,6-7,10-14H2,1-2H3,(H,22,25). The molecule has 1 saturated carbocycles. The van der Waals surface area contributed by atoms with Gasteiger partial charge in [0.05, 0.1) is 17.9 Å². The Morgan fingerprint density at radius 1 is 1.11 bits per heavy atom. The summed E-state index contributed by atoms with van der Waals surface area (Å²) in [5.74, 6) is -0.579. The number of fused-ring (bicyclic) bond motifs is 1. The van der Waals surface area contributed by atoms with Crippen LogP contribution in [0.5, 0.6) is 0 Å². The van der Waals surface area contributed by atoms with E-state index in [2.05, 4.69) is 10.2 Å². The molecule has 3 atom stereocenters. The fraction of sp³-hybridized carbons (Fsp3) is 0.571. The molecule has 146 valence electrons. The first-order chi connectivity index (χ1) is 13.0. The molecule has 2 aliphatic rings. The number of likely N-dealkylation sites (N-methyl/N-ethyl adjacent to an activating group) is 1. The van der Waals surface area contributed by atoms with Gasteiger partial charge in [0.1, 0.15) is 0 Å². The summed E-state index contributed by atoms with van der Waals surface area (Å²) in [5.41, 5.74) is 1.14. The fourth-order valence-electron chi connectivity index (χ4n) is 4.24. The highest BCUT2D eigenvalue weighted by Crippen LogP contribution is 2.37. The van der Waals surface area contributed by atoms with Crippen LogP contribution in [0.15, 0.2) is 30.3 Å². The van der Waals surface area contributed by atoms with Gasteiger partial charge < -0.3 is 10.2 Å². The number of carbonyl (C=O) groups is 3. The molecule has 6 nitrogen and oxygen atoms in total. The number of hydrogen-bond donors (Lipinski definition) is 1. The molecule has 0 radical (unpaired) electrons. The highest BCUT2D eigenvalue weighted by Gasteiger charge is 2.47. The topological polar surface area (TPSA) is 69.7 Å². The quantitative estimate of drug-likeness (QED) is 0.744. The van der Waals surface area contributed by atoms with Crippen molar-refractivity contribution in [1.29, 1.82) is 0 Å². The number of benzene rings is 1. The van der Waals surface area contributed by atoms with Crippen molar-refractivity contribution in [2.75, 3.05) is 27.2 Å². The highest BCUT2D eigenvalue weighted by atomic mass is 16.2. The van der Waals surface area contributed by atoms with E-state index in [1.165, 1.54) is 4.90 Å². The third-order valence-corrected chi connectivity index (χ3v) is 5.80. The van der Waals surface area contributed by atoms with Gasteiger partial charge in [-0.3, -0.25) is 19.3 Å². The van der Waals surface area contributed by atoms with Gasteiger partial charge in [-0.2, -0.15) is 0 Å². The van der Waals surface area contributed by atoms with Crippen LogP contribution in [-0.2, 0) is 14.4 Å². The van der Waals surface area contributed by atoms with Crippen molar-refractivity contribution in [2.45, 2.75) is 38.1 Å². The zero-order valence-electron chi connectivity index (χ0n) is 16.2. The lowest BCUT2D eigenvalue weighted by Gasteiger charge is -2.25. The summed E-state index contributed by atoms with van der Waals surface area (Å²) in [4.78, 5) is 40.6. The van der Waals surface area contributed by atoms with E-state index in [9.17, 15) is 14.4 Å². The van der Waals surface area contributed by atoms with Crippen LogP contribution in [0, 0.1) is 11.8 Å². The van der Waals surface area contributed by atoms with E-state index in [1.54, 1.807) is 0 Å². The molecule has 3 unspecified atom stereocenters. The molecule has 1 aromatic rings. The lowest BCUT2D eigenvalue weighted by Crippen LogP contribution is -2.38. The normalized spacial score (nSPS) is 23.4. The van der Waals surface area contributed by atoms with Crippen molar-refractivity contribution in [2.24, 2.45) is 11.8 Å². The Morgan fingerprint density at radius 3 is 2.26 bits per heavy atom. The van der Waals surface area contributed by atoms with E-state index in [0.717, 1.165) is 31.2 Å². The van der Waals surface area contributed by atoms with Crippen molar-refractivity contribution in [3.8, 4) is 0 Å². The number of nitrogens with zero attached hydrogens (tertiary/aromatic N) is 2. The van der Waals surface area contributed by atoms with E-state index in [1.807, 2.05) is 44.4 Å². The Kier molecular flexibility index (Phi) is 6.26. The first kappa shape index (κ1) is 19.5. The maximum Gasteiger partial charge on any atom is 0.233 e. The van der Waals surface area contributed by atoms with Gasteiger partial charge in [0.15, 0.2) is 0 Å². The third-order valence-electron chi connectivity index (χ3n) is 5.80. The molecule has 0 aromatic heterocycles. The maximum atomic E-state index is 12.5. The lowest BCUT2D eigenvalue weighted by molar-refractivity contribution is -0.140. The molecule has 6 heteroatoms. The molecule has 2 fully saturated rings. The fourth-order valence-corrected chi connectivity index (χ4v) is 4.24. The number of carbonyl (C=O) groups excluding carboxylic acids is 3. The SMILES string of the molecule is CN(C)C(CNC(=O)CCN1C(=O)C2CCCCC2C1=O)c1ccccc1. The Bertz CT molecular complexity index is 665. The molecule has 1 heterocycles. The Morgan fingerprint density at radius 2 is 1.70 bits per heavy atom. The largest absolute Gasteiger partial charge is 0.354 e. The third kappa shape index (κ3) is 4.38. The first-order valence-electron chi connectivity index (χ1n) is 9.82. The molecular weight excluding hydrogens is 342 g/mol. The van der Waals surface area contributed by atoms with Gasteiger partial charge in [-0.1, -0.05) is 43.2 Å². The number of hydrogen-bond acceptors (Lipinski definition) is 4. The van der Waals surface area contributed by atoms with Crippen LogP contribution in [-0.4, -0.2) is 54.7 Å². The minimum Gasteiger partial charge on any atom is -0.354 e. The Hall–Kier alpha value is -2.21. The summed E-state index contributed by atoms with van der Waals surface area (Å²) in [5, 5.41) is 2.95. The van der Waals surface area contributed by atoms with Crippen LogP contribution in [0.25, 0.3) is 0 Å². The molecule has 27 heavy (non-hydrogen) atoms. The summed E-state index contributed by atoms with van der Waals surface area (Å²) in [6.07, 6.45) is 3.80. The van der Waals surface area contributed by atoms with Gasteiger partial charge in [0.25, 0.3) is 0 Å². The van der Waals surface area contributed by atoms with Gasteiger partial charge in [0.2, 0.25) is 17.7 Å². The lowest BCUT2D eigenvalue weighted by atomic mass is 9.81. The van der Waals surface area contributed by atoms with Crippen molar-refractivity contribution in [3.63, 3.8) is 0 Å². The smallest absolute Gasteiger partial charge is 0.233 e. The van der Waals surface area contributed by atoms with Gasteiger partial charge in [0, 0.05) is 19.5 Å². The number of nitrogens with one attached hydrogen (secondary N) is 1. The molecular formula is C21H29N3O3. The zero-order chi connectivity index (χ0) is 19.4. The van der Waals surface area contributed by atoms with Crippen molar-refractivity contribution >= 4 is 17.7 Å². The molecule has 1 saturated heterocycles. The van der Waals surface area contributed by atoms with Crippen molar-refractivity contribution < 1.29 is 14.4 Å². The summed E-state index contributed by atoms with van der Waals surface area (Å²) in [6.45, 7) is 0.678. The van der Waals surface area contributed by atoms with E-state index >= 15 is 0 Å². The van der Waals surface area contributed by atoms with Gasteiger partial charge >= 0.3 is 0 Å². The second-order valence-corrected chi connectivity index (χ2v) is 7.77. The first-order valence-corrected chi connectivity index (χ1v) is 9.82. The summed E-state index contributed by atoms with van der Waals surface area (Å²) < 4.78 is 0. The minimum atomic E-state index is -0.148. The molecule has 0 bridgehead atoms. The second kappa shape index (κ2) is 8.65. The monoisotopic (exact) mass is 371 g/mol. The maximum absolute atomic E-state index is 12.5. The molecule has 3 amide bonds. The number of rotatable bonds is 7. The van der Waals surface area contributed by atoms with E-state index in [0.29, 0.717) is 6.54 Å². The van der Waals surface area contributed by atoms with Crippen molar-refractivity contribution in [3.05, 3.63) is 35.9 Å². The van der Waals surface area contributed by atoms with Crippen LogP contribution in [0.2, 0.25) is 0 Å². The minimum absolute atomic E-state index is 0.0760. The molecule has 0 spiro atoms. The second-order valence-electron chi connectivity index (χ2n) is 7.77. The number of likely N-dealkylation sites (tertiary alicyclic amines) is 1.